The molecule has 26 heavy (non-hydrogen) atoms. The number of carbonyl (C=O) groups is 3. The molecule has 3 amide bonds. The van der Waals surface area contributed by atoms with E-state index in [1.165, 1.54) is 6.92 Å². The van der Waals surface area contributed by atoms with E-state index in [9.17, 15) is 14.4 Å². The molecule has 0 bridgehead atoms. The molecule has 0 saturated carbocycles. The van der Waals surface area contributed by atoms with Gasteiger partial charge in [0, 0.05) is 35.7 Å². The maximum Gasteiger partial charge on any atom is 0.251 e. The van der Waals surface area contributed by atoms with Gasteiger partial charge in [-0.3, -0.25) is 14.4 Å². The third-order valence-electron chi connectivity index (χ3n) is 3.49. The largest absolute Gasteiger partial charge is 0.355 e. The number of carbonyl (C=O) groups excluding carboxylic acids is 3. The van der Waals surface area contributed by atoms with Crippen LogP contribution in [-0.4, -0.2) is 30.8 Å². The fourth-order valence-corrected chi connectivity index (χ4v) is 2.48. The molecule has 0 atom stereocenters. The summed E-state index contributed by atoms with van der Waals surface area (Å²) in [5.41, 5.74) is 2.03. The standard InChI is InChI=1S/C19H20BrN3O3/c1-13(24)21-10-11-22-19(26)15-4-8-17(9-5-15)23-18(25)12-14-2-6-16(20)7-3-14/h2-9H,10-12H2,1H3,(H,21,24)(H,22,26)(H,23,25). The van der Waals surface area contributed by atoms with Gasteiger partial charge in [0.25, 0.3) is 5.91 Å². The second-order valence-electron chi connectivity index (χ2n) is 5.67. The summed E-state index contributed by atoms with van der Waals surface area (Å²) in [5.74, 6) is -0.495. The van der Waals surface area contributed by atoms with E-state index in [2.05, 4.69) is 31.9 Å². The van der Waals surface area contributed by atoms with Crippen LogP contribution in [0, 0.1) is 0 Å². The summed E-state index contributed by atoms with van der Waals surface area (Å²) in [6, 6.07) is 14.2. The molecule has 0 aliphatic heterocycles. The van der Waals surface area contributed by atoms with Crippen LogP contribution in [0.4, 0.5) is 5.69 Å². The molecule has 0 aromatic heterocycles. The van der Waals surface area contributed by atoms with Gasteiger partial charge in [-0.25, -0.2) is 0 Å². The molecule has 0 radical (unpaired) electrons. The fraction of sp³-hybridized carbons (Fsp3) is 0.211. The fourth-order valence-electron chi connectivity index (χ4n) is 2.21. The predicted molar refractivity (Wildman–Crippen MR) is 104 cm³/mol. The lowest BCUT2D eigenvalue weighted by Crippen LogP contribution is -2.33. The quantitative estimate of drug-likeness (QED) is 0.604. The normalized spacial score (nSPS) is 10.1. The highest BCUT2D eigenvalue weighted by Crippen LogP contribution is 2.13. The number of anilines is 1. The minimum Gasteiger partial charge on any atom is -0.355 e. The Morgan fingerprint density at radius 2 is 1.50 bits per heavy atom. The topological polar surface area (TPSA) is 87.3 Å². The Morgan fingerprint density at radius 3 is 2.12 bits per heavy atom. The summed E-state index contributed by atoms with van der Waals surface area (Å²) in [7, 11) is 0. The first-order chi connectivity index (χ1) is 12.4. The van der Waals surface area contributed by atoms with Crippen molar-refractivity contribution in [3.05, 3.63) is 64.1 Å². The number of hydrogen-bond acceptors (Lipinski definition) is 3. The summed E-state index contributed by atoms with van der Waals surface area (Å²) < 4.78 is 0.965. The molecule has 0 aliphatic carbocycles. The van der Waals surface area contributed by atoms with Crippen molar-refractivity contribution < 1.29 is 14.4 Å². The predicted octanol–water partition coefficient (Wildman–Crippen LogP) is 2.50. The molecule has 136 valence electrons. The maximum atomic E-state index is 12.1. The summed E-state index contributed by atoms with van der Waals surface area (Å²) >= 11 is 3.36. The van der Waals surface area contributed by atoms with Crippen LogP contribution in [0.25, 0.3) is 0 Å². The smallest absolute Gasteiger partial charge is 0.251 e. The van der Waals surface area contributed by atoms with Gasteiger partial charge < -0.3 is 16.0 Å². The minimum atomic E-state index is -0.233. The van der Waals surface area contributed by atoms with Crippen LogP contribution in [0.2, 0.25) is 0 Å². The molecule has 6 nitrogen and oxygen atoms in total. The molecule has 0 fully saturated rings. The van der Waals surface area contributed by atoms with Gasteiger partial charge in [0.15, 0.2) is 0 Å². The van der Waals surface area contributed by atoms with Crippen LogP contribution in [0.3, 0.4) is 0 Å². The first kappa shape index (κ1) is 19.7. The van der Waals surface area contributed by atoms with Crippen molar-refractivity contribution >= 4 is 39.3 Å². The number of hydrogen-bond donors (Lipinski definition) is 3. The molecule has 2 rings (SSSR count). The summed E-state index contributed by atoms with van der Waals surface area (Å²) in [4.78, 5) is 34.8. The van der Waals surface area contributed by atoms with E-state index in [-0.39, 0.29) is 24.1 Å². The second-order valence-corrected chi connectivity index (χ2v) is 6.58. The SMILES string of the molecule is CC(=O)NCCNC(=O)c1ccc(NC(=O)Cc2ccc(Br)cc2)cc1. The molecule has 0 aliphatic rings. The van der Waals surface area contributed by atoms with Crippen molar-refractivity contribution in [2.24, 2.45) is 0 Å². The van der Waals surface area contributed by atoms with E-state index in [0.717, 1.165) is 10.0 Å². The Bertz CT molecular complexity index is 774. The number of rotatable bonds is 7. The van der Waals surface area contributed by atoms with Crippen molar-refractivity contribution in [2.45, 2.75) is 13.3 Å². The molecule has 0 heterocycles. The minimum absolute atomic E-state index is 0.125. The number of nitrogens with one attached hydrogen (secondary N) is 3. The first-order valence-electron chi connectivity index (χ1n) is 8.11. The summed E-state index contributed by atoms with van der Waals surface area (Å²) in [6.07, 6.45) is 0.276. The van der Waals surface area contributed by atoms with Crippen LogP contribution in [0.5, 0.6) is 0 Å². The average molecular weight is 418 g/mol. The van der Waals surface area contributed by atoms with Crippen molar-refractivity contribution in [3.8, 4) is 0 Å². The van der Waals surface area contributed by atoms with E-state index in [1.807, 2.05) is 24.3 Å². The molecule has 0 spiro atoms. The van der Waals surface area contributed by atoms with E-state index in [4.69, 9.17) is 0 Å². The maximum absolute atomic E-state index is 12.1. The van der Waals surface area contributed by atoms with Gasteiger partial charge in [0.1, 0.15) is 0 Å². The van der Waals surface area contributed by atoms with Crippen molar-refractivity contribution in [2.75, 3.05) is 18.4 Å². The highest BCUT2D eigenvalue weighted by molar-refractivity contribution is 9.10. The number of halogens is 1. The molecule has 2 aromatic rings. The summed E-state index contributed by atoms with van der Waals surface area (Å²) in [5, 5.41) is 8.12. The van der Waals surface area contributed by atoms with E-state index >= 15 is 0 Å². The zero-order valence-electron chi connectivity index (χ0n) is 14.3. The van der Waals surface area contributed by atoms with Crippen molar-refractivity contribution in [3.63, 3.8) is 0 Å². The van der Waals surface area contributed by atoms with Gasteiger partial charge in [-0.05, 0) is 42.0 Å². The lowest BCUT2D eigenvalue weighted by atomic mass is 10.1. The van der Waals surface area contributed by atoms with Gasteiger partial charge in [-0.1, -0.05) is 28.1 Å². The first-order valence-corrected chi connectivity index (χ1v) is 8.90. The van der Waals surface area contributed by atoms with Gasteiger partial charge in [-0.15, -0.1) is 0 Å². The lowest BCUT2D eigenvalue weighted by molar-refractivity contribution is -0.119. The van der Waals surface area contributed by atoms with Gasteiger partial charge in [0.05, 0.1) is 6.42 Å². The van der Waals surface area contributed by atoms with Crippen molar-refractivity contribution in [1.29, 1.82) is 0 Å². The monoisotopic (exact) mass is 417 g/mol. The van der Waals surface area contributed by atoms with E-state index < -0.39 is 0 Å². The molecule has 2 aromatic carbocycles. The zero-order valence-corrected chi connectivity index (χ0v) is 15.9. The molecular weight excluding hydrogens is 398 g/mol. The zero-order chi connectivity index (χ0) is 18.9. The van der Waals surface area contributed by atoms with Crippen LogP contribution >= 0.6 is 15.9 Å². The van der Waals surface area contributed by atoms with Crippen LogP contribution in [0.15, 0.2) is 53.0 Å². The van der Waals surface area contributed by atoms with Crippen LogP contribution < -0.4 is 16.0 Å². The van der Waals surface area contributed by atoms with E-state index in [1.54, 1.807) is 24.3 Å². The highest BCUT2D eigenvalue weighted by atomic mass is 79.9. The molecular formula is C19H20BrN3O3. The van der Waals surface area contributed by atoms with Gasteiger partial charge >= 0.3 is 0 Å². The molecule has 7 heteroatoms. The highest BCUT2D eigenvalue weighted by Gasteiger charge is 2.07. The third-order valence-corrected chi connectivity index (χ3v) is 4.02. The Balaban J connectivity index is 1.82. The van der Waals surface area contributed by atoms with Gasteiger partial charge in [0.2, 0.25) is 11.8 Å². The average Bonchev–Trinajstić information content (AvgIpc) is 2.61. The second kappa shape index (κ2) is 9.72. The number of benzene rings is 2. The Kier molecular flexibility index (Phi) is 7.35. The summed E-state index contributed by atoms with van der Waals surface area (Å²) in [6.45, 7) is 2.15. The lowest BCUT2D eigenvalue weighted by Gasteiger charge is -2.08. The number of amides is 3. The third kappa shape index (κ3) is 6.68. The Labute approximate surface area is 160 Å². The molecule has 0 unspecified atom stereocenters. The Hall–Kier alpha value is -2.67. The van der Waals surface area contributed by atoms with Crippen molar-refractivity contribution in [1.82, 2.24) is 10.6 Å². The molecule has 3 N–H and O–H groups in total. The van der Waals surface area contributed by atoms with Crippen LogP contribution in [0.1, 0.15) is 22.8 Å². The molecule has 0 saturated heterocycles. The van der Waals surface area contributed by atoms with E-state index in [0.29, 0.717) is 24.3 Å². The van der Waals surface area contributed by atoms with Gasteiger partial charge in [-0.2, -0.15) is 0 Å². The Morgan fingerprint density at radius 1 is 0.885 bits per heavy atom. The van der Waals surface area contributed by atoms with Crippen LogP contribution in [-0.2, 0) is 16.0 Å².